The Morgan fingerprint density at radius 2 is 1.89 bits per heavy atom. The third kappa shape index (κ3) is 4.04. The highest BCUT2D eigenvalue weighted by molar-refractivity contribution is 7.94. The number of carbonyl (C=O) groups is 1. The first kappa shape index (κ1) is 14.5. The highest BCUT2D eigenvalue weighted by Gasteiger charge is 2.36. The van der Waals surface area contributed by atoms with Crippen LogP contribution in [0.1, 0.15) is 5.56 Å². The fourth-order valence-corrected chi connectivity index (χ4v) is 2.28. The van der Waals surface area contributed by atoms with Crippen molar-refractivity contribution in [2.24, 2.45) is 0 Å². The molecule has 0 bridgehead atoms. The first-order valence-electron chi connectivity index (χ1n) is 6.13. The van der Waals surface area contributed by atoms with Gasteiger partial charge in [-0.25, -0.2) is 9.63 Å². The third-order valence-corrected chi connectivity index (χ3v) is 3.47. The van der Waals surface area contributed by atoms with Gasteiger partial charge in [0.15, 0.2) is 0 Å². The molecule has 7 heteroatoms. The summed E-state index contributed by atoms with van der Waals surface area (Å²) in [6.45, 7) is 3.76. The number of hydrogen-bond donors (Lipinski definition) is 3. The summed E-state index contributed by atoms with van der Waals surface area (Å²) in [6, 6.07) is 10.0. The summed E-state index contributed by atoms with van der Waals surface area (Å²) in [5.74, 6) is 0. The number of nitrogens with one attached hydrogen (secondary N) is 1. The lowest BCUT2D eigenvalue weighted by Gasteiger charge is -2.37. The van der Waals surface area contributed by atoms with Gasteiger partial charge in [-0.2, -0.15) is 3.71 Å². The van der Waals surface area contributed by atoms with E-state index in [9.17, 15) is 4.79 Å². The summed E-state index contributed by atoms with van der Waals surface area (Å²) in [7, 11) is 0. The second-order valence-corrected chi connectivity index (χ2v) is 5.66. The minimum absolute atomic E-state index is 0.271. The average Bonchev–Trinajstić information content (AvgIpc) is 2.40. The predicted molar refractivity (Wildman–Crippen MR) is 79.3 cm³/mol. The standard InChI is InChI=1S/C12H18N3O2S2/c16-12(14(18)19)17-15(8-6-13-7-9-15)10-11-4-2-1-3-5-11/h1-5,13,18-19H,6-10H2/q+1. The molecule has 1 heterocycles. The molecule has 5 nitrogen and oxygen atoms in total. The number of nitrogens with zero attached hydrogens (tertiary/aromatic N) is 2. The zero-order chi connectivity index (χ0) is 13.7. The third-order valence-electron chi connectivity index (χ3n) is 3.14. The Morgan fingerprint density at radius 1 is 1.26 bits per heavy atom. The molecule has 1 aliphatic heterocycles. The van der Waals surface area contributed by atoms with Crippen LogP contribution in [0, 0.1) is 0 Å². The molecule has 0 radical (unpaired) electrons. The van der Waals surface area contributed by atoms with Crippen molar-refractivity contribution in [2.45, 2.75) is 6.54 Å². The van der Waals surface area contributed by atoms with E-state index >= 15 is 0 Å². The maximum absolute atomic E-state index is 11.7. The maximum atomic E-state index is 11.7. The van der Waals surface area contributed by atoms with E-state index < -0.39 is 6.09 Å². The van der Waals surface area contributed by atoms with E-state index in [0.717, 1.165) is 35.5 Å². The minimum atomic E-state index is -0.551. The number of carbonyl (C=O) groups excluding carboxylic acids is 1. The van der Waals surface area contributed by atoms with Gasteiger partial charge in [0.1, 0.15) is 19.6 Å². The number of thiol groups is 2. The molecule has 0 atom stereocenters. The summed E-state index contributed by atoms with van der Waals surface area (Å²) in [4.78, 5) is 17.3. The summed E-state index contributed by atoms with van der Waals surface area (Å²) in [5, 5.41) is 3.27. The fourth-order valence-electron chi connectivity index (χ4n) is 2.20. The van der Waals surface area contributed by atoms with Crippen molar-refractivity contribution in [1.82, 2.24) is 9.03 Å². The van der Waals surface area contributed by atoms with Crippen molar-refractivity contribution in [1.29, 1.82) is 0 Å². The van der Waals surface area contributed by atoms with Crippen LogP contribution in [0.25, 0.3) is 0 Å². The lowest BCUT2D eigenvalue weighted by molar-refractivity contribution is -1.10. The zero-order valence-electron chi connectivity index (χ0n) is 10.5. The molecule has 1 aromatic rings. The Labute approximate surface area is 124 Å². The molecule has 1 N–H and O–H groups in total. The van der Waals surface area contributed by atoms with Gasteiger partial charge >= 0.3 is 6.09 Å². The van der Waals surface area contributed by atoms with E-state index in [4.69, 9.17) is 4.84 Å². The first-order chi connectivity index (χ1) is 9.11. The Bertz CT molecular complexity index is 422. The molecule has 1 aromatic carbocycles. The molecule has 104 valence electrons. The van der Waals surface area contributed by atoms with Crippen LogP contribution in [0.15, 0.2) is 30.3 Å². The number of hydroxylamine groups is 3. The number of hydrogen-bond acceptors (Lipinski definition) is 5. The number of rotatable bonds is 3. The molecular formula is C12H18N3O2S2+. The minimum Gasteiger partial charge on any atom is -0.306 e. The van der Waals surface area contributed by atoms with Crippen LogP contribution in [0.2, 0.25) is 0 Å². The molecule has 1 fully saturated rings. The number of amides is 1. The van der Waals surface area contributed by atoms with Crippen LogP contribution in [-0.4, -0.2) is 40.6 Å². The quantitative estimate of drug-likeness (QED) is 0.587. The molecule has 0 unspecified atom stereocenters. The molecule has 2 rings (SSSR count). The normalized spacial score (nSPS) is 17.8. The molecule has 0 spiro atoms. The van der Waals surface area contributed by atoms with Crippen LogP contribution in [-0.2, 0) is 11.4 Å². The van der Waals surface area contributed by atoms with Gasteiger partial charge in [-0.3, -0.25) is 0 Å². The fraction of sp³-hybridized carbons (Fsp3) is 0.417. The Hall–Kier alpha value is -0.890. The molecule has 0 aromatic heterocycles. The van der Waals surface area contributed by atoms with Crippen LogP contribution < -0.4 is 5.32 Å². The molecule has 1 amide bonds. The van der Waals surface area contributed by atoms with Crippen molar-refractivity contribution in [2.75, 3.05) is 26.2 Å². The summed E-state index contributed by atoms with van der Waals surface area (Å²) < 4.78 is 1.14. The highest BCUT2D eigenvalue weighted by Crippen LogP contribution is 2.19. The van der Waals surface area contributed by atoms with Crippen LogP contribution in [0.3, 0.4) is 0 Å². The van der Waals surface area contributed by atoms with Crippen LogP contribution in [0.5, 0.6) is 0 Å². The zero-order valence-corrected chi connectivity index (χ0v) is 12.3. The van der Waals surface area contributed by atoms with Gasteiger partial charge in [0, 0.05) is 18.7 Å². The highest BCUT2D eigenvalue weighted by atomic mass is 32.2. The van der Waals surface area contributed by atoms with Crippen molar-refractivity contribution < 1.29 is 14.3 Å². The van der Waals surface area contributed by atoms with Gasteiger partial charge in [-0.05, 0) is 25.6 Å². The number of benzene rings is 1. The van der Waals surface area contributed by atoms with Crippen molar-refractivity contribution in [3.63, 3.8) is 0 Å². The van der Waals surface area contributed by atoms with E-state index in [0.29, 0.717) is 6.54 Å². The van der Waals surface area contributed by atoms with Crippen LogP contribution in [0.4, 0.5) is 4.79 Å². The van der Waals surface area contributed by atoms with Crippen molar-refractivity contribution in [3.8, 4) is 0 Å². The Balaban J connectivity index is 2.12. The van der Waals surface area contributed by atoms with Gasteiger partial charge in [0.05, 0.1) is 0 Å². The van der Waals surface area contributed by atoms with Gasteiger partial charge in [0.25, 0.3) is 0 Å². The van der Waals surface area contributed by atoms with E-state index in [1.165, 1.54) is 0 Å². The molecule has 19 heavy (non-hydrogen) atoms. The number of quaternary nitrogens is 1. The second kappa shape index (κ2) is 6.51. The van der Waals surface area contributed by atoms with Crippen molar-refractivity contribution >= 4 is 31.7 Å². The molecular weight excluding hydrogens is 282 g/mol. The Kier molecular flexibility index (Phi) is 4.98. The lowest BCUT2D eigenvalue weighted by atomic mass is 10.2. The van der Waals surface area contributed by atoms with E-state index in [2.05, 4.69) is 30.9 Å². The lowest BCUT2D eigenvalue weighted by Crippen LogP contribution is -2.59. The topological polar surface area (TPSA) is 41.6 Å². The molecule has 0 aliphatic carbocycles. The molecule has 0 saturated carbocycles. The van der Waals surface area contributed by atoms with E-state index in [-0.39, 0.29) is 4.65 Å². The smallest absolute Gasteiger partial charge is 0.306 e. The van der Waals surface area contributed by atoms with Crippen molar-refractivity contribution in [3.05, 3.63) is 35.9 Å². The monoisotopic (exact) mass is 300 g/mol. The molecule has 1 saturated heterocycles. The summed E-state index contributed by atoms with van der Waals surface area (Å²) in [6.07, 6.45) is -0.551. The SMILES string of the molecule is O=C(O[N+]1(Cc2ccccc2)CCNCC1)N(S)S. The summed E-state index contributed by atoms with van der Waals surface area (Å²) in [5.41, 5.74) is 1.14. The Morgan fingerprint density at radius 3 is 2.47 bits per heavy atom. The average molecular weight is 300 g/mol. The summed E-state index contributed by atoms with van der Waals surface area (Å²) >= 11 is 7.71. The first-order valence-corrected chi connectivity index (χ1v) is 6.93. The molecule has 1 aliphatic rings. The van der Waals surface area contributed by atoms with Crippen LogP contribution >= 0.6 is 25.6 Å². The van der Waals surface area contributed by atoms with Gasteiger partial charge in [0.2, 0.25) is 0 Å². The van der Waals surface area contributed by atoms with Gasteiger partial charge in [-0.1, -0.05) is 30.3 Å². The number of piperazine rings is 1. The van der Waals surface area contributed by atoms with E-state index in [1.54, 1.807) is 0 Å². The predicted octanol–water partition coefficient (Wildman–Crippen LogP) is 1.65. The largest absolute Gasteiger partial charge is 0.483 e. The maximum Gasteiger partial charge on any atom is 0.483 e. The van der Waals surface area contributed by atoms with Gasteiger partial charge in [-0.15, -0.1) is 4.65 Å². The second-order valence-electron chi connectivity index (χ2n) is 4.55. The van der Waals surface area contributed by atoms with Gasteiger partial charge < -0.3 is 5.32 Å². The van der Waals surface area contributed by atoms with E-state index in [1.807, 2.05) is 30.3 Å².